The second-order valence-electron chi connectivity index (χ2n) is 4.60. The number of rotatable bonds is 4. The molecule has 0 spiro atoms. The molecule has 14 heavy (non-hydrogen) atoms. The Labute approximate surface area is 89.1 Å². The average Bonchev–Trinajstić information content (AvgIpc) is 2.19. The van der Waals surface area contributed by atoms with Gasteiger partial charge in [0.15, 0.2) is 0 Å². The van der Waals surface area contributed by atoms with E-state index >= 15 is 0 Å². The van der Waals surface area contributed by atoms with Crippen LogP contribution in [0.15, 0.2) is 23.3 Å². The molecule has 0 unspecified atom stereocenters. The topological polar surface area (TPSA) is 0 Å². The zero-order valence-corrected chi connectivity index (χ0v) is 9.97. The molecule has 1 aliphatic rings. The molecule has 0 N–H and O–H groups in total. The first-order valence-corrected chi connectivity index (χ1v) is 6.14. The SMILES string of the molecule is CCC/C=C\C1=C(C(C)C)CCCC1. The first-order valence-electron chi connectivity index (χ1n) is 6.14. The fourth-order valence-corrected chi connectivity index (χ4v) is 2.19. The monoisotopic (exact) mass is 192 g/mol. The summed E-state index contributed by atoms with van der Waals surface area (Å²) in [5, 5.41) is 0. The van der Waals surface area contributed by atoms with E-state index in [-0.39, 0.29) is 0 Å². The maximum absolute atomic E-state index is 2.39. The fourth-order valence-electron chi connectivity index (χ4n) is 2.19. The van der Waals surface area contributed by atoms with Crippen LogP contribution >= 0.6 is 0 Å². The van der Waals surface area contributed by atoms with Crippen molar-refractivity contribution in [1.82, 2.24) is 0 Å². The third-order valence-corrected chi connectivity index (χ3v) is 3.03. The lowest BCUT2D eigenvalue weighted by molar-refractivity contribution is 0.605. The molecule has 0 amide bonds. The van der Waals surface area contributed by atoms with Gasteiger partial charge in [0.2, 0.25) is 0 Å². The van der Waals surface area contributed by atoms with Crippen molar-refractivity contribution in [3.05, 3.63) is 23.3 Å². The lowest BCUT2D eigenvalue weighted by Crippen LogP contribution is -2.03. The molecule has 0 aromatic heterocycles. The summed E-state index contributed by atoms with van der Waals surface area (Å²) in [6, 6.07) is 0. The Morgan fingerprint density at radius 1 is 1.21 bits per heavy atom. The Bertz CT molecular complexity index is 218. The van der Waals surface area contributed by atoms with E-state index in [4.69, 9.17) is 0 Å². The van der Waals surface area contributed by atoms with E-state index in [1.807, 2.05) is 0 Å². The lowest BCUT2D eigenvalue weighted by Gasteiger charge is -2.21. The third kappa shape index (κ3) is 3.32. The Kier molecular flexibility index (Phi) is 5.00. The highest BCUT2D eigenvalue weighted by Gasteiger charge is 2.12. The van der Waals surface area contributed by atoms with Gasteiger partial charge in [-0.1, -0.05) is 44.9 Å². The van der Waals surface area contributed by atoms with Gasteiger partial charge >= 0.3 is 0 Å². The highest BCUT2D eigenvalue weighted by molar-refractivity contribution is 5.28. The maximum atomic E-state index is 2.39. The van der Waals surface area contributed by atoms with Gasteiger partial charge in [-0.3, -0.25) is 0 Å². The Balaban J connectivity index is 2.68. The summed E-state index contributed by atoms with van der Waals surface area (Å²) in [6.45, 7) is 6.89. The summed E-state index contributed by atoms with van der Waals surface area (Å²) in [5.41, 5.74) is 3.35. The van der Waals surface area contributed by atoms with Crippen molar-refractivity contribution in [1.29, 1.82) is 0 Å². The molecule has 0 saturated carbocycles. The van der Waals surface area contributed by atoms with E-state index in [2.05, 4.69) is 32.9 Å². The minimum Gasteiger partial charge on any atom is -0.0843 e. The summed E-state index contributed by atoms with van der Waals surface area (Å²) < 4.78 is 0. The smallest absolute Gasteiger partial charge is 0.0254 e. The molecule has 0 aliphatic heterocycles. The normalized spacial score (nSPS) is 18.6. The molecule has 1 aliphatic carbocycles. The Hall–Kier alpha value is -0.520. The molecule has 0 aromatic rings. The highest BCUT2D eigenvalue weighted by atomic mass is 14.2. The van der Waals surface area contributed by atoms with E-state index in [9.17, 15) is 0 Å². The zero-order chi connectivity index (χ0) is 10.4. The number of unbranched alkanes of at least 4 members (excludes halogenated alkanes) is 1. The molecule has 0 fully saturated rings. The number of allylic oxidation sites excluding steroid dienone is 4. The largest absolute Gasteiger partial charge is 0.0843 e. The predicted octanol–water partition coefficient (Wildman–Crippen LogP) is 4.87. The standard InChI is InChI=1S/C14H24/c1-4-5-6-9-13-10-7-8-11-14(13)12(2)3/h6,9,12H,4-5,7-8,10-11H2,1-3H3/b9-6-. The van der Waals surface area contributed by atoms with Crippen molar-refractivity contribution in [2.75, 3.05) is 0 Å². The predicted molar refractivity (Wildman–Crippen MR) is 64.4 cm³/mol. The van der Waals surface area contributed by atoms with Crippen LogP contribution in [0.1, 0.15) is 59.3 Å². The number of hydrogen-bond donors (Lipinski definition) is 0. The molecule has 0 heterocycles. The summed E-state index contributed by atoms with van der Waals surface area (Å²) in [6.07, 6.45) is 12.7. The van der Waals surface area contributed by atoms with Crippen molar-refractivity contribution < 1.29 is 0 Å². The molecule has 0 heteroatoms. The fraction of sp³-hybridized carbons (Fsp3) is 0.714. The van der Waals surface area contributed by atoms with Crippen LogP contribution in [0.3, 0.4) is 0 Å². The van der Waals surface area contributed by atoms with Gasteiger partial charge in [-0.05, 0) is 43.6 Å². The van der Waals surface area contributed by atoms with Crippen LogP contribution < -0.4 is 0 Å². The molecule has 0 bridgehead atoms. The van der Waals surface area contributed by atoms with Crippen molar-refractivity contribution in [3.8, 4) is 0 Å². The first-order chi connectivity index (χ1) is 6.75. The minimum atomic E-state index is 0.747. The van der Waals surface area contributed by atoms with Crippen LogP contribution in [0.4, 0.5) is 0 Å². The van der Waals surface area contributed by atoms with Crippen LogP contribution in [0.5, 0.6) is 0 Å². The quantitative estimate of drug-likeness (QED) is 0.596. The molecule has 0 atom stereocenters. The zero-order valence-electron chi connectivity index (χ0n) is 9.97. The van der Waals surface area contributed by atoms with Gasteiger partial charge < -0.3 is 0 Å². The Morgan fingerprint density at radius 3 is 2.57 bits per heavy atom. The average molecular weight is 192 g/mol. The van der Waals surface area contributed by atoms with Gasteiger partial charge in [0.1, 0.15) is 0 Å². The molecular formula is C14H24. The van der Waals surface area contributed by atoms with Gasteiger partial charge in [0.25, 0.3) is 0 Å². The summed E-state index contributed by atoms with van der Waals surface area (Å²) in [5.74, 6) is 0.747. The van der Waals surface area contributed by atoms with Crippen LogP contribution in [0.25, 0.3) is 0 Å². The first kappa shape index (κ1) is 11.6. The second-order valence-corrected chi connectivity index (χ2v) is 4.60. The van der Waals surface area contributed by atoms with Crippen LogP contribution in [-0.4, -0.2) is 0 Å². The molecule has 0 nitrogen and oxygen atoms in total. The summed E-state index contributed by atoms with van der Waals surface area (Å²) >= 11 is 0. The molecule has 0 aromatic carbocycles. The Morgan fingerprint density at radius 2 is 1.93 bits per heavy atom. The molecule has 0 radical (unpaired) electrons. The molecule has 80 valence electrons. The van der Waals surface area contributed by atoms with Crippen molar-refractivity contribution in [2.24, 2.45) is 5.92 Å². The van der Waals surface area contributed by atoms with Gasteiger partial charge in [-0.15, -0.1) is 0 Å². The minimum absolute atomic E-state index is 0.747. The van der Waals surface area contributed by atoms with Crippen LogP contribution in [0, 0.1) is 5.92 Å². The van der Waals surface area contributed by atoms with Gasteiger partial charge in [0.05, 0.1) is 0 Å². The molecule has 0 saturated heterocycles. The van der Waals surface area contributed by atoms with Crippen molar-refractivity contribution in [3.63, 3.8) is 0 Å². The van der Waals surface area contributed by atoms with E-state index in [1.54, 1.807) is 11.1 Å². The highest BCUT2D eigenvalue weighted by Crippen LogP contribution is 2.30. The lowest BCUT2D eigenvalue weighted by atomic mass is 9.85. The van der Waals surface area contributed by atoms with E-state index in [0.717, 1.165) is 5.92 Å². The second kappa shape index (κ2) is 6.06. The van der Waals surface area contributed by atoms with Gasteiger partial charge in [-0.2, -0.15) is 0 Å². The van der Waals surface area contributed by atoms with Crippen LogP contribution in [-0.2, 0) is 0 Å². The van der Waals surface area contributed by atoms with Gasteiger partial charge in [-0.25, -0.2) is 0 Å². The van der Waals surface area contributed by atoms with Crippen molar-refractivity contribution in [2.45, 2.75) is 59.3 Å². The summed E-state index contributed by atoms with van der Waals surface area (Å²) in [7, 11) is 0. The molecular weight excluding hydrogens is 168 g/mol. The van der Waals surface area contributed by atoms with Crippen LogP contribution in [0.2, 0.25) is 0 Å². The van der Waals surface area contributed by atoms with Gasteiger partial charge in [0, 0.05) is 0 Å². The van der Waals surface area contributed by atoms with E-state index < -0.39 is 0 Å². The van der Waals surface area contributed by atoms with Crippen molar-refractivity contribution >= 4 is 0 Å². The third-order valence-electron chi connectivity index (χ3n) is 3.03. The van der Waals surface area contributed by atoms with E-state index in [1.165, 1.54) is 38.5 Å². The summed E-state index contributed by atoms with van der Waals surface area (Å²) in [4.78, 5) is 0. The maximum Gasteiger partial charge on any atom is -0.0254 e. The van der Waals surface area contributed by atoms with E-state index in [0.29, 0.717) is 0 Å². The number of hydrogen-bond acceptors (Lipinski definition) is 0. The molecule has 1 rings (SSSR count).